The lowest BCUT2D eigenvalue weighted by Crippen LogP contribution is -2.48. The summed E-state index contributed by atoms with van der Waals surface area (Å²) in [5.41, 5.74) is -0.579. The molecule has 1 aromatic heterocycles. The minimum Gasteiger partial charge on any atom is -0.496 e. The molecule has 12 heteroatoms. The zero-order valence-electron chi connectivity index (χ0n) is 29.2. The van der Waals surface area contributed by atoms with Crippen LogP contribution in [0.1, 0.15) is 93.6 Å². The van der Waals surface area contributed by atoms with Crippen LogP contribution >= 0.6 is 11.3 Å². The molecule has 6 atom stereocenters. The molecule has 0 spiro atoms. The summed E-state index contributed by atoms with van der Waals surface area (Å²) in [5, 5.41) is 6.33. The molecule has 1 heterocycles. The summed E-state index contributed by atoms with van der Waals surface area (Å²) in [4.78, 5) is 31.2. The number of aryl methyl sites for hydroxylation is 1. The van der Waals surface area contributed by atoms with Crippen LogP contribution in [0.15, 0.2) is 30.3 Å². The van der Waals surface area contributed by atoms with Crippen molar-refractivity contribution < 1.29 is 36.6 Å². The summed E-state index contributed by atoms with van der Waals surface area (Å²) in [6, 6.07) is 5.33. The Morgan fingerprint density at radius 3 is 2.29 bits per heavy atom. The SMILES string of the molecule is CCCC(C)COCC(C)CCC.COc1ccc2nc(C)sc2c1C(=O)NC1C(C(=O)Nc2ccc(F)c(C(F)(F)F)c2)[C@@H]2CC[C@H]1C2. The van der Waals surface area contributed by atoms with Crippen molar-refractivity contribution in [3.8, 4) is 5.75 Å². The van der Waals surface area contributed by atoms with Crippen LogP contribution in [0, 0.1) is 42.3 Å². The standard InChI is InChI=1S/C25H23F4N3O3S.C12H26O/c1-11-30-17-7-8-18(35-2)20(22(17)36-11)24(34)32-21-13-4-3-12(9-13)19(21)23(33)31-14-5-6-16(26)15(10-14)25(27,28)29;1-5-7-11(3)9-13-10-12(4)8-6-2/h5-8,10,12-13,19,21H,3-4,9H2,1-2H3,(H,31,33)(H,32,34);11-12H,5-10H2,1-4H3/t12-,13+,19?,21?;/m1./s1. The van der Waals surface area contributed by atoms with Crippen molar-refractivity contribution in [2.24, 2.45) is 29.6 Å². The molecule has 7 nitrogen and oxygen atoms in total. The summed E-state index contributed by atoms with van der Waals surface area (Å²) >= 11 is 1.37. The lowest BCUT2D eigenvalue weighted by atomic mass is 9.83. The minimum absolute atomic E-state index is 0.00817. The molecule has 2 aliphatic rings. The number of aromatic nitrogens is 1. The van der Waals surface area contributed by atoms with Gasteiger partial charge in [-0.05, 0) is 93.0 Å². The van der Waals surface area contributed by atoms with Crippen molar-refractivity contribution in [1.29, 1.82) is 0 Å². The molecule has 5 rings (SSSR count). The van der Waals surface area contributed by atoms with Gasteiger partial charge in [-0.15, -0.1) is 11.3 Å². The monoisotopic (exact) mass is 707 g/mol. The van der Waals surface area contributed by atoms with Crippen molar-refractivity contribution in [3.63, 3.8) is 0 Å². The van der Waals surface area contributed by atoms with Crippen LogP contribution in [0.2, 0.25) is 0 Å². The highest BCUT2D eigenvalue weighted by Crippen LogP contribution is 2.49. The predicted octanol–water partition coefficient (Wildman–Crippen LogP) is 9.43. The van der Waals surface area contributed by atoms with E-state index in [2.05, 4.69) is 43.3 Å². The van der Waals surface area contributed by atoms with Gasteiger partial charge in [0.1, 0.15) is 17.1 Å². The second-order valence-electron chi connectivity index (χ2n) is 13.6. The average molecular weight is 708 g/mol. The predicted molar refractivity (Wildman–Crippen MR) is 185 cm³/mol. The third-order valence-corrected chi connectivity index (χ3v) is 10.5. The number of alkyl halides is 3. The highest BCUT2D eigenvalue weighted by atomic mass is 32.1. The average Bonchev–Trinajstić information content (AvgIpc) is 3.75. The number of carbonyl (C=O) groups is 2. The first-order chi connectivity index (χ1) is 23.3. The Hall–Kier alpha value is -3.25. The van der Waals surface area contributed by atoms with E-state index in [9.17, 15) is 27.2 Å². The van der Waals surface area contributed by atoms with Gasteiger partial charge in [0.15, 0.2) is 0 Å². The Morgan fingerprint density at radius 2 is 1.67 bits per heavy atom. The molecule has 3 aromatic rings. The third kappa shape index (κ3) is 9.72. The minimum atomic E-state index is -4.89. The van der Waals surface area contributed by atoms with Crippen molar-refractivity contribution in [1.82, 2.24) is 10.3 Å². The maximum Gasteiger partial charge on any atom is 0.419 e. The molecule has 2 fully saturated rings. The highest BCUT2D eigenvalue weighted by Gasteiger charge is 2.51. The van der Waals surface area contributed by atoms with Crippen LogP contribution < -0.4 is 15.4 Å². The molecule has 2 aromatic carbocycles. The smallest absolute Gasteiger partial charge is 0.419 e. The van der Waals surface area contributed by atoms with Gasteiger partial charge in [-0.25, -0.2) is 9.37 Å². The topological polar surface area (TPSA) is 89.6 Å². The van der Waals surface area contributed by atoms with Crippen molar-refractivity contribution in [3.05, 3.63) is 52.3 Å². The van der Waals surface area contributed by atoms with Crippen LogP contribution in [0.3, 0.4) is 0 Å². The van der Waals surface area contributed by atoms with Gasteiger partial charge in [-0.2, -0.15) is 13.2 Å². The van der Waals surface area contributed by atoms with E-state index in [4.69, 9.17) is 9.47 Å². The zero-order valence-corrected chi connectivity index (χ0v) is 30.0. The van der Waals surface area contributed by atoms with E-state index >= 15 is 0 Å². The Bertz CT molecular complexity index is 1570. The Balaban J connectivity index is 0.000000355. The van der Waals surface area contributed by atoms with Gasteiger partial charge >= 0.3 is 6.18 Å². The first-order valence-corrected chi connectivity index (χ1v) is 18.1. The number of carbonyl (C=O) groups excluding carboxylic acids is 2. The number of methoxy groups -OCH3 is 1. The van der Waals surface area contributed by atoms with E-state index in [1.807, 2.05) is 6.92 Å². The van der Waals surface area contributed by atoms with Gasteiger partial charge in [0, 0.05) is 24.9 Å². The summed E-state index contributed by atoms with van der Waals surface area (Å²) in [7, 11) is 1.47. The van der Waals surface area contributed by atoms with E-state index < -0.39 is 41.3 Å². The number of amides is 2. The molecule has 2 N–H and O–H groups in total. The molecule has 4 unspecified atom stereocenters. The number of fused-ring (bicyclic) bond motifs is 3. The van der Waals surface area contributed by atoms with Crippen LogP contribution in [0.25, 0.3) is 10.2 Å². The maximum atomic E-state index is 13.7. The fourth-order valence-electron chi connectivity index (χ4n) is 7.24. The maximum absolute atomic E-state index is 13.7. The quantitative estimate of drug-likeness (QED) is 0.173. The summed E-state index contributed by atoms with van der Waals surface area (Å²) in [6.07, 6.45) is 2.62. The second-order valence-corrected chi connectivity index (χ2v) is 14.8. The third-order valence-electron chi connectivity index (χ3n) is 9.50. The molecule has 0 radical (unpaired) electrons. The Kier molecular flexibility index (Phi) is 13.5. The summed E-state index contributed by atoms with van der Waals surface area (Å²) in [6.45, 7) is 12.7. The second kappa shape index (κ2) is 17.1. The molecule has 49 heavy (non-hydrogen) atoms. The molecule has 0 saturated heterocycles. The molecule has 2 amide bonds. The number of nitrogens with one attached hydrogen (secondary N) is 2. The van der Waals surface area contributed by atoms with E-state index in [0.29, 0.717) is 33.7 Å². The van der Waals surface area contributed by atoms with E-state index in [1.165, 1.54) is 44.1 Å². The van der Waals surface area contributed by atoms with Crippen LogP contribution in [0.5, 0.6) is 5.75 Å². The van der Waals surface area contributed by atoms with Gasteiger partial charge < -0.3 is 20.1 Å². The van der Waals surface area contributed by atoms with Crippen molar-refractivity contribution in [2.45, 2.75) is 91.8 Å². The van der Waals surface area contributed by atoms with Gasteiger partial charge in [0.05, 0.1) is 33.8 Å². The lowest BCUT2D eigenvalue weighted by Gasteiger charge is -2.31. The Morgan fingerprint density at radius 1 is 1.02 bits per heavy atom. The fourth-order valence-corrected chi connectivity index (χ4v) is 8.19. The number of anilines is 1. The molecular weight excluding hydrogens is 658 g/mol. The fraction of sp³-hybridized carbons (Fsp3) is 0.595. The summed E-state index contributed by atoms with van der Waals surface area (Å²) in [5.74, 6) is -0.999. The van der Waals surface area contributed by atoms with Gasteiger partial charge in [0.25, 0.3) is 5.91 Å². The number of hydrogen-bond donors (Lipinski definition) is 2. The first kappa shape index (κ1) is 38.6. The number of halogens is 4. The van der Waals surface area contributed by atoms with Crippen LogP contribution in [0.4, 0.5) is 23.2 Å². The Labute approximate surface area is 290 Å². The van der Waals surface area contributed by atoms with E-state index in [-0.39, 0.29) is 17.5 Å². The van der Waals surface area contributed by atoms with E-state index in [0.717, 1.165) is 55.4 Å². The van der Waals surface area contributed by atoms with Crippen molar-refractivity contribution in [2.75, 3.05) is 25.6 Å². The van der Waals surface area contributed by atoms with Crippen molar-refractivity contribution >= 4 is 39.1 Å². The molecule has 2 saturated carbocycles. The molecule has 2 bridgehead atoms. The van der Waals surface area contributed by atoms with E-state index in [1.54, 1.807) is 12.1 Å². The number of nitrogens with zero attached hydrogens (tertiary/aromatic N) is 1. The number of rotatable bonds is 13. The number of benzene rings is 2. The van der Waals surface area contributed by atoms with Crippen LogP contribution in [-0.2, 0) is 15.7 Å². The van der Waals surface area contributed by atoms with Gasteiger partial charge in [-0.1, -0.05) is 40.5 Å². The zero-order chi connectivity index (χ0) is 35.9. The highest BCUT2D eigenvalue weighted by molar-refractivity contribution is 7.19. The summed E-state index contributed by atoms with van der Waals surface area (Å²) < 4.78 is 64.8. The van der Waals surface area contributed by atoms with Gasteiger partial charge in [0.2, 0.25) is 5.91 Å². The largest absolute Gasteiger partial charge is 0.496 e. The molecule has 0 aliphatic heterocycles. The number of hydrogen-bond acceptors (Lipinski definition) is 6. The number of thiazole rings is 1. The van der Waals surface area contributed by atoms with Gasteiger partial charge in [-0.3, -0.25) is 9.59 Å². The molecule has 2 aliphatic carbocycles. The first-order valence-electron chi connectivity index (χ1n) is 17.3. The molecular formula is C37H49F4N3O4S. The molecule has 270 valence electrons. The van der Waals surface area contributed by atoms with Crippen LogP contribution in [-0.4, -0.2) is 43.2 Å². The lowest BCUT2D eigenvalue weighted by molar-refractivity contribution is -0.140. The normalized spacial score (nSPS) is 21.2. The number of ether oxygens (including phenoxy) is 2.